The van der Waals surface area contributed by atoms with Crippen molar-refractivity contribution in [1.82, 2.24) is 9.21 Å². The van der Waals surface area contributed by atoms with Gasteiger partial charge in [-0.3, -0.25) is 9.69 Å². The number of carbonyl (C=O) groups is 1. The molecule has 0 aliphatic heterocycles. The molecule has 124 valence electrons. The van der Waals surface area contributed by atoms with Crippen LogP contribution in [0.15, 0.2) is 21.6 Å². The van der Waals surface area contributed by atoms with E-state index in [0.29, 0.717) is 18.3 Å². The molecule has 0 atom stereocenters. The predicted molar refractivity (Wildman–Crippen MR) is 81.4 cm³/mol. The van der Waals surface area contributed by atoms with Gasteiger partial charge in [-0.15, -0.1) is 0 Å². The molecule has 1 aromatic heterocycles. The fourth-order valence-electron chi connectivity index (χ4n) is 2.75. The van der Waals surface area contributed by atoms with E-state index in [0.717, 1.165) is 30.0 Å². The van der Waals surface area contributed by atoms with Crippen LogP contribution in [0.2, 0.25) is 0 Å². The molecule has 2 N–H and O–H groups in total. The number of hydrogen-bond donors (Lipinski definition) is 1. The van der Waals surface area contributed by atoms with Gasteiger partial charge in [-0.1, -0.05) is 12.8 Å². The molecule has 1 aliphatic carbocycles. The van der Waals surface area contributed by atoms with Crippen LogP contribution in [-0.2, 0) is 21.4 Å². The van der Waals surface area contributed by atoms with Gasteiger partial charge >= 0.3 is 0 Å². The third kappa shape index (κ3) is 3.88. The van der Waals surface area contributed by atoms with Crippen molar-refractivity contribution in [3.63, 3.8) is 0 Å². The first kappa shape index (κ1) is 17.0. The fourth-order valence-corrected chi connectivity index (χ4v) is 3.56. The van der Waals surface area contributed by atoms with E-state index in [1.165, 1.54) is 20.2 Å². The van der Waals surface area contributed by atoms with Gasteiger partial charge in [0, 0.05) is 20.1 Å². The third-order valence-corrected chi connectivity index (χ3v) is 5.62. The molecule has 1 aromatic rings. The van der Waals surface area contributed by atoms with Crippen LogP contribution >= 0.6 is 0 Å². The van der Waals surface area contributed by atoms with Crippen molar-refractivity contribution in [3.05, 3.63) is 17.9 Å². The predicted octanol–water partition coefficient (Wildman–Crippen LogP) is 0.760. The first-order chi connectivity index (χ1) is 10.3. The Morgan fingerprint density at radius 2 is 1.95 bits per heavy atom. The van der Waals surface area contributed by atoms with Crippen LogP contribution in [0.4, 0.5) is 0 Å². The number of hydrogen-bond acceptors (Lipinski definition) is 5. The van der Waals surface area contributed by atoms with Crippen LogP contribution in [0.5, 0.6) is 0 Å². The lowest BCUT2D eigenvalue weighted by atomic mass is 10.2. The molecule has 2 rings (SSSR count). The second-order valence-electron chi connectivity index (χ2n) is 5.82. The molecule has 0 spiro atoms. The Bertz CT molecular complexity index is 618. The minimum Gasteiger partial charge on any atom is -0.447 e. The summed E-state index contributed by atoms with van der Waals surface area (Å²) in [6.07, 6.45) is 4.32. The standard InChI is InChI=1S/C14H23N3O4S/c1-16(2)22(19,20)14-8-7-12(21-14)9-17(10-13(15)18)11-5-3-4-6-11/h7-8,11H,3-6,9-10H2,1-2H3,(H2,15,18). The number of sulfonamides is 1. The average molecular weight is 329 g/mol. The van der Waals surface area contributed by atoms with Gasteiger partial charge in [0.25, 0.3) is 10.0 Å². The van der Waals surface area contributed by atoms with Crippen molar-refractivity contribution in [2.75, 3.05) is 20.6 Å². The lowest BCUT2D eigenvalue weighted by Gasteiger charge is -2.26. The van der Waals surface area contributed by atoms with Crippen molar-refractivity contribution in [3.8, 4) is 0 Å². The Morgan fingerprint density at radius 3 is 2.50 bits per heavy atom. The molecule has 22 heavy (non-hydrogen) atoms. The Morgan fingerprint density at radius 1 is 1.32 bits per heavy atom. The number of primary amides is 1. The lowest BCUT2D eigenvalue weighted by Crippen LogP contribution is -2.39. The highest BCUT2D eigenvalue weighted by Gasteiger charge is 2.26. The molecule has 0 saturated heterocycles. The fraction of sp³-hybridized carbons (Fsp3) is 0.643. The van der Waals surface area contributed by atoms with Crippen LogP contribution < -0.4 is 5.73 Å². The van der Waals surface area contributed by atoms with Gasteiger partial charge in [-0.05, 0) is 25.0 Å². The molecule has 1 fully saturated rings. The van der Waals surface area contributed by atoms with Crippen molar-refractivity contribution in [2.45, 2.75) is 43.4 Å². The second kappa shape index (κ2) is 6.80. The molecule has 8 heteroatoms. The van der Waals surface area contributed by atoms with Crippen LogP contribution in [0, 0.1) is 0 Å². The monoisotopic (exact) mass is 329 g/mol. The third-order valence-electron chi connectivity index (χ3n) is 3.93. The largest absolute Gasteiger partial charge is 0.447 e. The van der Waals surface area contributed by atoms with E-state index in [-0.39, 0.29) is 17.5 Å². The molecular weight excluding hydrogens is 306 g/mol. The highest BCUT2D eigenvalue weighted by molar-refractivity contribution is 7.88. The van der Waals surface area contributed by atoms with Gasteiger partial charge in [0.15, 0.2) is 0 Å². The van der Waals surface area contributed by atoms with Crippen molar-refractivity contribution < 1.29 is 17.6 Å². The molecular formula is C14H23N3O4S. The zero-order valence-electron chi connectivity index (χ0n) is 13.0. The zero-order valence-corrected chi connectivity index (χ0v) is 13.8. The summed E-state index contributed by atoms with van der Waals surface area (Å²) in [7, 11) is -0.670. The van der Waals surface area contributed by atoms with Crippen LogP contribution in [0.1, 0.15) is 31.4 Å². The average Bonchev–Trinajstić information content (AvgIpc) is 3.08. The number of nitrogens with zero attached hydrogens (tertiary/aromatic N) is 2. The SMILES string of the molecule is CN(C)S(=O)(=O)c1ccc(CN(CC(N)=O)C2CCCC2)o1. The molecule has 1 saturated carbocycles. The number of furan rings is 1. The molecule has 0 aromatic carbocycles. The maximum atomic E-state index is 12.0. The van der Waals surface area contributed by atoms with Gasteiger partial charge in [0.1, 0.15) is 5.76 Å². The molecule has 1 aliphatic rings. The Hall–Kier alpha value is -1.38. The zero-order chi connectivity index (χ0) is 16.3. The maximum absolute atomic E-state index is 12.0. The van der Waals surface area contributed by atoms with Crippen molar-refractivity contribution in [2.24, 2.45) is 5.73 Å². The molecule has 1 amide bonds. The molecule has 7 nitrogen and oxygen atoms in total. The summed E-state index contributed by atoms with van der Waals surface area (Å²) in [5, 5.41) is -0.0852. The summed E-state index contributed by atoms with van der Waals surface area (Å²) < 4.78 is 30.6. The lowest BCUT2D eigenvalue weighted by molar-refractivity contribution is -0.119. The minimum absolute atomic E-state index is 0.0852. The van der Waals surface area contributed by atoms with Gasteiger partial charge in [0.2, 0.25) is 11.0 Å². The van der Waals surface area contributed by atoms with Crippen molar-refractivity contribution in [1.29, 1.82) is 0 Å². The Balaban J connectivity index is 2.13. The first-order valence-corrected chi connectivity index (χ1v) is 8.78. The molecule has 1 heterocycles. The summed E-state index contributed by atoms with van der Waals surface area (Å²) in [6.45, 7) is 0.539. The van der Waals surface area contributed by atoms with Crippen molar-refractivity contribution >= 4 is 15.9 Å². The number of amides is 1. The number of nitrogens with two attached hydrogens (primary N) is 1. The summed E-state index contributed by atoms with van der Waals surface area (Å²) in [4.78, 5) is 13.2. The van der Waals surface area contributed by atoms with Gasteiger partial charge in [0.05, 0.1) is 13.1 Å². The summed E-state index contributed by atoms with van der Waals surface area (Å²) in [5.74, 6) is 0.133. The van der Waals surface area contributed by atoms with Crippen LogP contribution in [0.3, 0.4) is 0 Å². The smallest absolute Gasteiger partial charge is 0.275 e. The topological polar surface area (TPSA) is 96.9 Å². The van der Waals surface area contributed by atoms with E-state index < -0.39 is 10.0 Å². The maximum Gasteiger partial charge on any atom is 0.275 e. The quantitative estimate of drug-likeness (QED) is 0.796. The van der Waals surface area contributed by atoms with E-state index in [2.05, 4.69) is 0 Å². The van der Waals surface area contributed by atoms with Gasteiger partial charge < -0.3 is 10.2 Å². The molecule has 0 bridgehead atoms. The van der Waals surface area contributed by atoms with Gasteiger partial charge in [-0.25, -0.2) is 12.7 Å². The normalized spacial score (nSPS) is 16.7. The number of rotatable bonds is 7. The highest BCUT2D eigenvalue weighted by atomic mass is 32.2. The van der Waals surface area contributed by atoms with E-state index in [9.17, 15) is 13.2 Å². The Labute approximate surface area is 131 Å². The minimum atomic E-state index is -3.58. The highest BCUT2D eigenvalue weighted by Crippen LogP contribution is 2.26. The second-order valence-corrected chi connectivity index (χ2v) is 7.90. The van der Waals surface area contributed by atoms with Crippen LogP contribution in [0.25, 0.3) is 0 Å². The van der Waals surface area contributed by atoms with E-state index in [1.54, 1.807) is 6.07 Å². The van der Waals surface area contributed by atoms with E-state index >= 15 is 0 Å². The summed E-state index contributed by atoms with van der Waals surface area (Å²) in [6, 6.07) is 3.38. The van der Waals surface area contributed by atoms with E-state index in [4.69, 9.17) is 10.2 Å². The molecule has 0 unspecified atom stereocenters. The Kier molecular flexibility index (Phi) is 5.25. The first-order valence-electron chi connectivity index (χ1n) is 7.34. The number of carbonyl (C=O) groups excluding carboxylic acids is 1. The van der Waals surface area contributed by atoms with Crippen LogP contribution in [-0.4, -0.2) is 50.2 Å². The van der Waals surface area contributed by atoms with E-state index in [1.807, 2.05) is 4.90 Å². The summed E-state index contributed by atoms with van der Waals surface area (Å²) in [5.41, 5.74) is 5.32. The summed E-state index contributed by atoms with van der Waals surface area (Å²) >= 11 is 0. The molecule has 0 radical (unpaired) electrons. The van der Waals surface area contributed by atoms with Gasteiger partial charge in [-0.2, -0.15) is 0 Å².